The number of hydrogen-bond donors (Lipinski definition) is 1. The third-order valence-corrected chi connectivity index (χ3v) is 4.63. The zero-order valence-electron chi connectivity index (χ0n) is 11.4. The number of benzene rings is 3. The second-order valence-electron chi connectivity index (χ2n) is 5.11. The third-order valence-electron chi connectivity index (χ3n) is 3.68. The van der Waals surface area contributed by atoms with Gasteiger partial charge in [-0.15, -0.1) is 0 Å². The lowest BCUT2D eigenvalue weighted by Gasteiger charge is -2.16. The fraction of sp³-hybridized carbons (Fsp3) is 0.111. The minimum atomic E-state index is -0.0936. The van der Waals surface area contributed by atoms with E-state index >= 15 is 0 Å². The molecule has 3 heteroatoms. The van der Waals surface area contributed by atoms with Crippen LogP contribution in [-0.2, 0) is 6.42 Å². The van der Waals surface area contributed by atoms with Crippen molar-refractivity contribution in [3.63, 3.8) is 0 Å². The van der Waals surface area contributed by atoms with Crippen LogP contribution >= 0.6 is 27.5 Å². The van der Waals surface area contributed by atoms with Gasteiger partial charge in [0.25, 0.3) is 0 Å². The van der Waals surface area contributed by atoms with Crippen LogP contribution in [0.3, 0.4) is 0 Å². The van der Waals surface area contributed by atoms with Crippen molar-refractivity contribution in [3.8, 4) is 0 Å². The lowest BCUT2D eigenvalue weighted by Crippen LogP contribution is -2.14. The van der Waals surface area contributed by atoms with Gasteiger partial charge in [-0.2, -0.15) is 0 Å². The maximum atomic E-state index is 6.40. The summed E-state index contributed by atoms with van der Waals surface area (Å²) in [6.07, 6.45) is 0.778. The Hall–Kier alpha value is -1.35. The Morgan fingerprint density at radius 3 is 2.62 bits per heavy atom. The average molecular weight is 361 g/mol. The molecule has 0 bridgehead atoms. The van der Waals surface area contributed by atoms with Gasteiger partial charge < -0.3 is 5.73 Å². The van der Waals surface area contributed by atoms with E-state index < -0.39 is 0 Å². The van der Waals surface area contributed by atoms with Gasteiger partial charge in [0.05, 0.1) is 0 Å². The van der Waals surface area contributed by atoms with E-state index in [1.807, 2.05) is 18.2 Å². The van der Waals surface area contributed by atoms with Crippen LogP contribution in [0.2, 0.25) is 5.02 Å². The van der Waals surface area contributed by atoms with Gasteiger partial charge in [-0.25, -0.2) is 0 Å². The molecule has 1 unspecified atom stereocenters. The summed E-state index contributed by atoms with van der Waals surface area (Å²) in [7, 11) is 0. The van der Waals surface area contributed by atoms with E-state index in [9.17, 15) is 0 Å². The molecule has 0 radical (unpaired) electrons. The first-order valence-corrected chi connectivity index (χ1v) is 7.99. The second kappa shape index (κ2) is 6.18. The smallest absolute Gasteiger partial charge is 0.0410 e. The lowest BCUT2D eigenvalue weighted by molar-refractivity contribution is 0.722. The monoisotopic (exact) mass is 359 g/mol. The van der Waals surface area contributed by atoms with Crippen molar-refractivity contribution >= 4 is 38.3 Å². The van der Waals surface area contributed by atoms with E-state index in [0.717, 1.165) is 16.5 Å². The van der Waals surface area contributed by atoms with Crippen molar-refractivity contribution in [1.82, 2.24) is 0 Å². The van der Waals surface area contributed by atoms with E-state index in [0.29, 0.717) is 5.02 Å². The van der Waals surface area contributed by atoms with Crippen LogP contribution < -0.4 is 5.73 Å². The maximum Gasteiger partial charge on any atom is 0.0410 e. The van der Waals surface area contributed by atoms with Crippen molar-refractivity contribution in [3.05, 3.63) is 81.3 Å². The fourth-order valence-corrected chi connectivity index (χ4v) is 3.34. The van der Waals surface area contributed by atoms with Gasteiger partial charge in [-0.1, -0.05) is 70.0 Å². The van der Waals surface area contributed by atoms with Crippen molar-refractivity contribution in [1.29, 1.82) is 0 Å². The molecule has 2 N–H and O–H groups in total. The largest absolute Gasteiger partial charge is 0.324 e. The fourth-order valence-electron chi connectivity index (χ4n) is 2.62. The molecule has 0 aromatic heterocycles. The highest BCUT2D eigenvalue weighted by Gasteiger charge is 2.12. The van der Waals surface area contributed by atoms with Gasteiger partial charge in [0.15, 0.2) is 0 Å². The summed E-state index contributed by atoms with van der Waals surface area (Å²) >= 11 is 9.64. The molecule has 0 aliphatic rings. The van der Waals surface area contributed by atoms with Gasteiger partial charge in [-0.05, 0) is 46.5 Å². The predicted molar refractivity (Wildman–Crippen MR) is 93.7 cm³/mol. The molecule has 0 saturated carbocycles. The van der Waals surface area contributed by atoms with Crippen molar-refractivity contribution in [2.45, 2.75) is 12.5 Å². The molecule has 0 spiro atoms. The topological polar surface area (TPSA) is 26.0 Å². The molecule has 0 aliphatic heterocycles. The summed E-state index contributed by atoms with van der Waals surface area (Å²) in [5, 5.41) is 3.21. The Balaban J connectivity index is 1.96. The lowest BCUT2D eigenvalue weighted by atomic mass is 9.95. The summed E-state index contributed by atoms with van der Waals surface area (Å²) in [5.74, 6) is 0. The second-order valence-corrected chi connectivity index (χ2v) is 6.41. The van der Waals surface area contributed by atoms with Gasteiger partial charge in [0.1, 0.15) is 0 Å². The number of rotatable bonds is 3. The van der Waals surface area contributed by atoms with E-state index in [1.54, 1.807) is 0 Å². The Morgan fingerprint density at radius 2 is 1.76 bits per heavy atom. The molecule has 3 rings (SSSR count). The molecular formula is C18H15BrClN. The Labute approximate surface area is 137 Å². The quantitative estimate of drug-likeness (QED) is 0.656. The molecule has 1 nitrogen and oxygen atoms in total. The van der Waals surface area contributed by atoms with E-state index in [4.69, 9.17) is 17.3 Å². The SMILES string of the molecule is NC(Cc1cccc2ccccc12)c1cc(Cl)ccc1Br. The number of fused-ring (bicyclic) bond motifs is 1. The van der Waals surface area contributed by atoms with Gasteiger partial charge in [0.2, 0.25) is 0 Å². The highest BCUT2D eigenvalue weighted by Crippen LogP contribution is 2.29. The molecule has 0 heterocycles. The molecule has 3 aromatic carbocycles. The molecule has 1 atom stereocenters. The maximum absolute atomic E-state index is 6.40. The Kier molecular flexibility index (Phi) is 4.29. The van der Waals surface area contributed by atoms with Crippen LogP contribution in [0, 0.1) is 0 Å². The standard InChI is InChI=1S/C18H15BrClN/c19-17-9-8-14(20)11-16(17)18(21)10-13-6-3-5-12-4-1-2-7-15(12)13/h1-9,11,18H,10,21H2. The van der Waals surface area contributed by atoms with Gasteiger partial charge in [-0.3, -0.25) is 0 Å². The van der Waals surface area contributed by atoms with Crippen molar-refractivity contribution < 1.29 is 0 Å². The van der Waals surface area contributed by atoms with E-state index in [2.05, 4.69) is 58.4 Å². The van der Waals surface area contributed by atoms with Crippen molar-refractivity contribution in [2.75, 3.05) is 0 Å². The van der Waals surface area contributed by atoms with E-state index in [1.165, 1.54) is 16.3 Å². The molecule has 3 aromatic rings. The minimum Gasteiger partial charge on any atom is -0.324 e. The van der Waals surface area contributed by atoms with Crippen LogP contribution in [0.1, 0.15) is 17.2 Å². The summed E-state index contributed by atoms with van der Waals surface area (Å²) in [5.41, 5.74) is 8.69. The summed E-state index contributed by atoms with van der Waals surface area (Å²) in [4.78, 5) is 0. The summed E-state index contributed by atoms with van der Waals surface area (Å²) < 4.78 is 1.000. The zero-order valence-corrected chi connectivity index (χ0v) is 13.7. The van der Waals surface area contributed by atoms with Gasteiger partial charge >= 0.3 is 0 Å². The Bertz CT molecular complexity index is 780. The number of nitrogens with two attached hydrogens (primary N) is 1. The normalized spacial score (nSPS) is 12.5. The number of hydrogen-bond acceptors (Lipinski definition) is 1. The third kappa shape index (κ3) is 3.13. The first-order chi connectivity index (χ1) is 10.1. The average Bonchev–Trinajstić information content (AvgIpc) is 2.50. The molecule has 21 heavy (non-hydrogen) atoms. The highest BCUT2D eigenvalue weighted by atomic mass is 79.9. The van der Waals surface area contributed by atoms with E-state index in [-0.39, 0.29) is 6.04 Å². The molecular weight excluding hydrogens is 346 g/mol. The molecule has 106 valence electrons. The van der Waals surface area contributed by atoms with Crippen LogP contribution in [0.15, 0.2) is 65.1 Å². The first kappa shape index (κ1) is 14.6. The van der Waals surface area contributed by atoms with Crippen LogP contribution in [0.4, 0.5) is 0 Å². The number of halogens is 2. The van der Waals surface area contributed by atoms with Crippen molar-refractivity contribution in [2.24, 2.45) is 5.73 Å². The predicted octanol–water partition coefficient (Wildman–Crippen LogP) is 5.50. The molecule has 0 aliphatic carbocycles. The zero-order chi connectivity index (χ0) is 14.8. The molecule has 0 saturated heterocycles. The molecule has 0 fully saturated rings. The minimum absolute atomic E-state index is 0.0936. The highest BCUT2D eigenvalue weighted by molar-refractivity contribution is 9.10. The van der Waals surface area contributed by atoms with Crippen LogP contribution in [0.5, 0.6) is 0 Å². The summed E-state index contributed by atoms with van der Waals surface area (Å²) in [6.45, 7) is 0. The van der Waals surface area contributed by atoms with Crippen LogP contribution in [0.25, 0.3) is 10.8 Å². The van der Waals surface area contributed by atoms with Gasteiger partial charge in [0, 0.05) is 15.5 Å². The first-order valence-electron chi connectivity index (χ1n) is 6.82. The summed E-state index contributed by atoms with van der Waals surface area (Å²) in [6, 6.07) is 20.4. The molecule has 0 amide bonds. The van der Waals surface area contributed by atoms with Crippen LogP contribution in [-0.4, -0.2) is 0 Å². The Morgan fingerprint density at radius 1 is 1.00 bits per heavy atom.